The second kappa shape index (κ2) is 5.61. The maximum absolute atomic E-state index is 12.6. The summed E-state index contributed by atoms with van der Waals surface area (Å²) in [7, 11) is -3.78. The van der Waals surface area contributed by atoms with Crippen molar-refractivity contribution in [2.45, 2.75) is 25.4 Å². The average Bonchev–Trinajstić information content (AvgIpc) is 2.38. The molecule has 1 heterocycles. The van der Waals surface area contributed by atoms with Crippen LogP contribution in [0.5, 0.6) is 0 Å². The van der Waals surface area contributed by atoms with Crippen molar-refractivity contribution >= 4 is 15.9 Å². The SMILES string of the molecule is O=S(=O)(Nc1cccc(C(F)(F)F)c1)N1CCCCC1. The molecule has 1 aromatic rings. The van der Waals surface area contributed by atoms with Crippen LogP contribution in [0.3, 0.4) is 0 Å². The largest absolute Gasteiger partial charge is 0.416 e. The lowest BCUT2D eigenvalue weighted by atomic mass is 10.2. The first-order chi connectivity index (χ1) is 9.29. The number of piperidine rings is 1. The van der Waals surface area contributed by atoms with Crippen LogP contribution < -0.4 is 4.72 Å². The molecular formula is C12H15F3N2O2S. The molecule has 0 unspecified atom stereocenters. The molecule has 1 saturated heterocycles. The van der Waals surface area contributed by atoms with E-state index in [0.717, 1.165) is 31.4 Å². The summed E-state index contributed by atoms with van der Waals surface area (Å²) in [6, 6.07) is 4.17. The van der Waals surface area contributed by atoms with E-state index in [2.05, 4.69) is 4.72 Å². The minimum atomic E-state index is -4.49. The van der Waals surface area contributed by atoms with Gasteiger partial charge >= 0.3 is 16.4 Å². The van der Waals surface area contributed by atoms with E-state index in [1.54, 1.807) is 0 Å². The lowest BCUT2D eigenvalue weighted by Crippen LogP contribution is -2.39. The van der Waals surface area contributed by atoms with Gasteiger partial charge in [0.05, 0.1) is 11.3 Å². The molecule has 0 spiro atoms. The van der Waals surface area contributed by atoms with Crippen LogP contribution in [0.2, 0.25) is 0 Å². The first-order valence-corrected chi connectivity index (χ1v) is 7.68. The number of benzene rings is 1. The molecule has 2 rings (SSSR count). The molecular weight excluding hydrogens is 293 g/mol. The van der Waals surface area contributed by atoms with E-state index in [9.17, 15) is 21.6 Å². The van der Waals surface area contributed by atoms with Crippen LogP contribution in [0.4, 0.5) is 18.9 Å². The summed E-state index contributed by atoms with van der Waals surface area (Å²) in [6.45, 7) is 0.794. The molecule has 1 fully saturated rings. The molecule has 4 nitrogen and oxygen atoms in total. The Bertz CT molecular complexity index is 566. The summed E-state index contributed by atoms with van der Waals surface area (Å²) >= 11 is 0. The standard InChI is InChI=1S/C12H15F3N2O2S/c13-12(14,15)10-5-4-6-11(9-10)16-20(18,19)17-7-2-1-3-8-17/h4-6,9,16H,1-3,7-8H2. The van der Waals surface area contributed by atoms with Crippen molar-refractivity contribution < 1.29 is 21.6 Å². The van der Waals surface area contributed by atoms with Gasteiger partial charge in [-0.2, -0.15) is 25.9 Å². The fourth-order valence-electron chi connectivity index (χ4n) is 2.08. The highest BCUT2D eigenvalue weighted by molar-refractivity contribution is 7.90. The van der Waals surface area contributed by atoms with Crippen molar-refractivity contribution in [1.29, 1.82) is 0 Å². The van der Waals surface area contributed by atoms with Gasteiger partial charge in [0.15, 0.2) is 0 Å². The maximum atomic E-state index is 12.6. The number of rotatable bonds is 3. The van der Waals surface area contributed by atoms with Gasteiger partial charge in [-0.15, -0.1) is 0 Å². The van der Waals surface area contributed by atoms with Crippen molar-refractivity contribution in [3.63, 3.8) is 0 Å². The Kier molecular flexibility index (Phi) is 4.24. The zero-order valence-electron chi connectivity index (χ0n) is 10.7. The Balaban J connectivity index is 2.17. The van der Waals surface area contributed by atoms with Crippen molar-refractivity contribution in [3.05, 3.63) is 29.8 Å². The molecule has 0 radical (unpaired) electrons. The fourth-order valence-corrected chi connectivity index (χ4v) is 3.37. The highest BCUT2D eigenvalue weighted by Crippen LogP contribution is 2.31. The van der Waals surface area contributed by atoms with E-state index in [0.29, 0.717) is 13.1 Å². The van der Waals surface area contributed by atoms with Gasteiger partial charge in [-0.1, -0.05) is 12.5 Å². The molecule has 0 aromatic heterocycles. The number of alkyl halides is 3. The van der Waals surface area contributed by atoms with E-state index < -0.39 is 21.9 Å². The van der Waals surface area contributed by atoms with Crippen LogP contribution in [0.1, 0.15) is 24.8 Å². The zero-order valence-corrected chi connectivity index (χ0v) is 11.5. The summed E-state index contributed by atoms with van der Waals surface area (Å²) in [4.78, 5) is 0. The highest BCUT2D eigenvalue weighted by atomic mass is 32.2. The van der Waals surface area contributed by atoms with Crippen LogP contribution >= 0.6 is 0 Å². The van der Waals surface area contributed by atoms with Crippen LogP contribution in [0, 0.1) is 0 Å². The number of nitrogens with zero attached hydrogens (tertiary/aromatic N) is 1. The molecule has 8 heteroatoms. The van der Waals surface area contributed by atoms with E-state index in [1.807, 2.05) is 0 Å². The number of halogens is 3. The van der Waals surface area contributed by atoms with E-state index in [4.69, 9.17) is 0 Å². The predicted octanol–water partition coefficient (Wildman–Crippen LogP) is 2.85. The van der Waals surface area contributed by atoms with E-state index in [1.165, 1.54) is 16.4 Å². The summed E-state index contributed by atoms with van der Waals surface area (Å²) in [6.07, 6.45) is -1.99. The first-order valence-electron chi connectivity index (χ1n) is 6.24. The molecule has 0 saturated carbocycles. The number of hydrogen-bond acceptors (Lipinski definition) is 2. The second-order valence-electron chi connectivity index (χ2n) is 4.65. The third-order valence-corrected chi connectivity index (χ3v) is 4.63. The predicted molar refractivity (Wildman–Crippen MR) is 69.4 cm³/mol. The van der Waals surface area contributed by atoms with Crippen LogP contribution in [0.15, 0.2) is 24.3 Å². The van der Waals surface area contributed by atoms with Crippen molar-refractivity contribution in [2.75, 3.05) is 17.8 Å². The molecule has 20 heavy (non-hydrogen) atoms. The van der Waals surface area contributed by atoms with Gasteiger partial charge in [-0.05, 0) is 31.0 Å². The second-order valence-corrected chi connectivity index (χ2v) is 6.32. The quantitative estimate of drug-likeness (QED) is 0.933. The molecule has 0 aliphatic carbocycles. The number of nitrogens with one attached hydrogen (secondary N) is 1. The van der Waals surface area contributed by atoms with Gasteiger partial charge in [0.2, 0.25) is 0 Å². The highest BCUT2D eigenvalue weighted by Gasteiger charge is 2.31. The topological polar surface area (TPSA) is 49.4 Å². The minimum Gasteiger partial charge on any atom is -0.271 e. The molecule has 1 aliphatic rings. The lowest BCUT2D eigenvalue weighted by Gasteiger charge is -2.26. The van der Waals surface area contributed by atoms with Gasteiger partial charge in [-0.3, -0.25) is 4.72 Å². The Morgan fingerprint density at radius 3 is 2.35 bits per heavy atom. The number of hydrogen-bond donors (Lipinski definition) is 1. The Hall–Kier alpha value is -1.28. The summed E-state index contributed by atoms with van der Waals surface area (Å²) in [5.74, 6) is 0. The summed E-state index contributed by atoms with van der Waals surface area (Å²) in [5.41, 5.74) is -0.957. The van der Waals surface area contributed by atoms with Gasteiger partial charge in [0, 0.05) is 13.1 Å². The Labute approximate surface area is 115 Å². The lowest BCUT2D eigenvalue weighted by molar-refractivity contribution is -0.137. The molecule has 1 N–H and O–H groups in total. The minimum absolute atomic E-state index is 0.0783. The van der Waals surface area contributed by atoms with E-state index >= 15 is 0 Å². The normalized spacial score (nSPS) is 17.9. The van der Waals surface area contributed by atoms with Crippen molar-refractivity contribution in [2.24, 2.45) is 0 Å². The molecule has 0 atom stereocenters. The fraction of sp³-hybridized carbons (Fsp3) is 0.500. The third kappa shape index (κ3) is 3.63. The van der Waals surface area contributed by atoms with Gasteiger partial charge in [0.1, 0.15) is 0 Å². The van der Waals surface area contributed by atoms with Crippen LogP contribution in [-0.4, -0.2) is 25.8 Å². The van der Waals surface area contributed by atoms with Crippen molar-refractivity contribution in [1.82, 2.24) is 4.31 Å². The third-order valence-electron chi connectivity index (χ3n) is 3.09. The van der Waals surface area contributed by atoms with Crippen LogP contribution in [0.25, 0.3) is 0 Å². The number of anilines is 1. The molecule has 0 bridgehead atoms. The first kappa shape index (κ1) is 15.1. The van der Waals surface area contributed by atoms with Crippen molar-refractivity contribution in [3.8, 4) is 0 Å². The van der Waals surface area contributed by atoms with E-state index in [-0.39, 0.29) is 5.69 Å². The monoisotopic (exact) mass is 308 g/mol. The molecule has 0 amide bonds. The zero-order chi connectivity index (χ0) is 14.8. The Morgan fingerprint density at radius 2 is 1.75 bits per heavy atom. The van der Waals surface area contributed by atoms with Crippen LogP contribution in [-0.2, 0) is 16.4 Å². The maximum Gasteiger partial charge on any atom is 0.416 e. The van der Waals surface area contributed by atoms with Gasteiger partial charge < -0.3 is 0 Å². The molecule has 1 aromatic carbocycles. The smallest absolute Gasteiger partial charge is 0.271 e. The average molecular weight is 308 g/mol. The van der Waals surface area contributed by atoms with Gasteiger partial charge in [-0.25, -0.2) is 0 Å². The van der Waals surface area contributed by atoms with Gasteiger partial charge in [0.25, 0.3) is 0 Å². The molecule has 112 valence electrons. The Morgan fingerprint density at radius 1 is 1.10 bits per heavy atom. The summed E-state index contributed by atoms with van der Waals surface area (Å²) < 4.78 is 65.3. The summed E-state index contributed by atoms with van der Waals surface area (Å²) in [5, 5.41) is 0. The molecule has 1 aliphatic heterocycles.